The molecule has 0 spiro atoms. The zero-order valence-corrected chi connectivity index (χ0v) is 13.1. The molecule has 0 unspecified atom stereocenters. The molecule has 0 saturated carbocycles. The van der Waals surface area contributed by atoms with Gasteiger partial charge < -0.3 is 5.32 Å². The van der Waals surface area contributed by atoms with E-state index in [-0.39, 0.29) is 24.7 Å². The fourth-order valence-electron chi connectivity index (χ4n) is 2.21. The summed E-state index contributed by atoms with van der Waals surface area (Å²) >= 11 is 7.70. The summed E-state index contributed by atoms with van der Waals surface area (Å²) in [6.45, 7) is 3.92. The number of carbonyl (C=O) groups is 2. The molecule has 1 aromatic heterocycles. The first kappa shape index (κ1) is 14.7. The van der Waals surface area contributed by atoms with Crippen LogP contribution in [0.25, 0.3) is 5.70 Å². The van der Waals surface area contributed by atoms with Crippen molar-refractivity contribution in [1.82, 2.24) is 4.98 Å². The molecule has 1 N–H and O–H groups in total. The van der Waals surface area contributed by atoms with E-state index in [0.29, 0.717) is 22.1 Å². The van der Waals surface area contributed by atoms with Crippen LogP contribution in [0.5, 0.6) is 0 Å². The smallest absolute Gasteiger partial charge is 0.234 e. The predicted octanol–water partition coefficient (Wildman–Crippen LogP) is 3.53. The molecule has 3 rings (SSSR count). The highest BCUT2D eigenvalue weighted by Gasteiger charge is 2.31. The fourth-order valence-corrected chi connectivity index (χ4v) is 3.04. The average molecular weight is 334 g/mol. The van der Waals surface area contributed by atoms with Gasteiger partial charge in [0.1, 0.15) is 0 Å². The number of imide groups is 1. The molecule has 2 heterocycles. The lowest BCUT2D eigenvalue weighted by Gasteiger charge is -2.17. The van der Waals surface area contributed by atoms with Crippen molar-refractivity contribution in [1.29, 1.82) is 0 Å². The van der Waals surface area contributed by atoms with Crippen LogP contribution in [0, 0.1) is 0 Å². The predicted molar refractivity (Wildman–Crippen MR) is 87.9 cm³/mol. The fraction of sp³-hybridized carbons (Fsp3) is 0.133. The highest BCUT2D eigenvalue weighted by Crippen LogP contribution is 2.33. The van der Waals surface area contributed by atoms with E-state index in [4.69, 9.17) is 11.6 Å². The van der Waals surface area contributed by atoms with Crippen molar-refractivity contribution in [3.63, 3.8) is 0 Å². The third-order valence-electron chi connectivity index (χ3n) is 3.28. The van der Waals surface area contributed by atoms with Gasteiger partial charge in [0.05, 0.1) is 27.6 Å². The molecule has 0 radical (unpaired) electrons. The minimum Gasteiger partial charge on any atom is -0.354 e. The van der Waals surface area contributed by atoms with Crippen molar-refractivity contribution < 1.29 is 9.59 Å². The Labute approximate surface area is 136 Å². The summed E-state index contributed by atoms with van der Waals surface area (Å²) in [5.74, 6) is -0.445. The maximum atomic E-state index is 11.8. The van der Waals surface area contributed by atoms with Crippen molar-refractivity contribution in [2.75, 3.05) is 10.2 Å². The Morgan fingerprint density at radius 2 is 2.05 bits per heavy atom. The Hall–Kier alpha value is -2.18. The van der Waals surface area contributed by atoms with E-state index in [9.17, 15) is 9.59 Å². The number of amides is 2. The number of nitrogens with zero attached hydrogens (tertiary/aromatic N) is 2. The molecule has 0 bridgehead atoms. The molecule has 1 aromatic carbocycles. The Balaban J connectivity index is 1.82. The zero-order valence-electron chi connectivity index (χ0n) is 11.5. The van der Waals surface area contributed by atoms with Crippen LogP contribution in [0.1, 0.15) is 18.5 Å². The van der Waals surface area contributed by atoms with E-state index in [0.717, 1.165) is 10.6 Å². The van der Waals surface area contributed by atoms with Gasteiger partial charge in [-0.1, -0.05) is 18.2 Å². The Morgan fingerprint density at radius 3 is 2.64 bits per heavy atom. The van der Waals surface area contributed by atoms with Crippen LogP contribution in [-0.4, -0.2) is 16.8 Å². The van der Waals surface area contributed by atoms with E-state index in [1.165, 1.54) is 11.3 Å². The normalized spacial score (nSPS) is 14.5. The summed E-state index contributed by atoms with van der Waals surface area (Å²) in [4.78, 5) is 28.8. The highest BCUT2D eigenvalue weighted by molar-refractivity contribution is 7.07. The molecular formula is C15H12ClN3O2S. The van der Waals surface area contributed by atoms with Crippen molar-refractivity contribution in [3.8, 4) is 0 Å². The minimum absolute atomic E-state index is 0.223. The Morgan fingerprint density at radius 1 is 1.32 bits per heavy atom. The summed E-state index contributed by atoms with van der Waals surface area (Å²) in [6, 6.07) is 5.06. The second-order valence-electron chi connectivity index (χ2n) is 4.77. The first-order valence-electron chi connectivity index (χ1n) is 6.56. The van der Waals surface area contributed by atoms with Crippen LogP contribution in [0.4, 0.5) is 11.4 Å². The van der Waals surface area contributed by atoms with Gasteiger partial charge in [0.15, 0.2) is 0 Å². The number of halogens is 1. The molecule has 112 valence electrons. The lowest BCUT2D eigenvalue weighted by molar-refractivity contribution is -0.121. The van der Waals surface area contributed by atoms with Crippen LogP contribution in [-0.2, 0) is 9.59 Å². The summed E-state index contributed by atoms with van der Waals surface area (Å²) in [6.07, 6.45) is 0.464. The third kappa shape index (κ3) is 2.75. The van der Waals surface area contributed by atoms with E-state index < -0.39 is 0 Å². The monoisotopic (exact) mass is 333 g/mol. The van der Waals surface area contributed by atoms with Crippen LogP contribution in [0.3, 0.4) is 0 Å². The summed E-state index contributed by atoms with van der Waals surface area (Å²) in [7, 11) is 0. The molecule has 1 aliphatic rings. The summed E-state index contributed by atoms with van der Waals surface area (Å²) in [5.41, 5.74) is 4.27. The highest BCUT2D eigenvalue weighted by atomic mass is 35.5. The Kier molecular flexibility index (Phi) is 3.96. The number of hydrogen-bond donors (Lipinski definition) is 1. The van der Waals surface area contributed by atoms with E-state index in [2.05, 4.69) is 16.9 Å². The third-order valence-corrected chi connectivity index (χ3v) is 4.17. The van der Waals surface area contributed by atoms with Gasteiger partial charge in [-0.05, 0) is 18.2 Å². The van der Waals surface area contributed by atoms with Crippen LogP contribution in [0.15, 0.2) is 35.7 Å². The molecule has 2 aromatic rings. The lowest BCUT2D eigenvalue weighted by atomic mass is 10.2. The minimum atomic E-state index is -0.223. The van der Waals surface area contributed by atoms with Gasteiger partial charge in [-0.25, -0.2) is 9.88 Å². The van der Waals surface area contributed by atoms with Crippen LogP contribution >= 0.6 is 22.9 Å². The van der Waals surface area contributed by atoms with Gasteiger partial charge >= 0.3 is 0 Å². The van der Waals surface area contributed by atoms with Crippen LogP contribution < -0.4 is 10.2 Å². The maximum absolute atomic E-state index is 11.8. The number of aromatic nitrogens is 1. The van der Waals surface area contributed by atoms with Gasteiger partial charge in [-0.3, -0.25) is 9.59 Å². The SMILES string of the molecule is C=C(Nc1ccc(N2C(=O)CCC2=O)c(Cl)c1)c1cscn1. The standard InChI is InChI=1S/C15H12ClN3O2S/c1-9(12-7-22-8-17-12)18-10-2-3-13(11(16)6-10)19-14(20)4-5-15(19)21/h2-3,6-8,18H,1,4-5H2. The molecular weight excluding hydrogens is 322 g/mol. The first-order chi connectivity index (χ1) is 10.6. The number of carbonyl (C=O) groups excluding carboxylic acids is 2. The molecule has 5 nitrogen and oxygen atoms in total. The lowest BCUT2D eigenvalue weighted by Crippen LogP contribution is -2.28. The number of rotatable bonds is 4. The van der Waals surface area contributed by atoms with Gasteiger partial charge in [0, 0.05) is 23.9 Å². The maximum Gasteiger partial charge on any atom is 0.234 e. The molecule has 0 atom stereocenters. The van der Waals surface area contributed by atoms with E-state index in [1.807, 2.05) is 5.38 Å². The van der Waals surface area contributed by atoms with Crippen molar-refractivity contribution in [2.24, 2.45) is 0 Å². The second-order valence-corrected chi connectivity index (χ2v) is 5.89. The van der Waals surface area contributed by atoms with Gasteiger partial charge in [0.25, 0.3) is 0 Å². The van der Waals surface area contributed by atoms with Gasteiger partial charge in [0.2, 0.25) is 11.8 Å². The average Bonchev–Trinajstić information content (AvgIpc) is 3.11. The van der Waals surface area contributed by atoms with Crippen LogP contribution in [0.2, 0.25) is 5.02 Å². The summed E-state index contributed by atoms with van der Waals surface area (Å²) in [5, 5.41) is 5.32. The molecule has 1 saturated heterocycles. The van der Waals surface area contributed by atoms with E-state index >= 15 is 0 Å². The topological polar surface area (TPSA) is 62.3 Å². The van der Waals surface area contributed by atoms with Crippen molar-refractivity contribution >= 4 is 51.8 Å². The quantitative estimate of drug-likeness (QED) is 0.869. The van der Waals surface area contributed by atoms with Gasteiger partial charge in [-0.15, -0.1) is 11.3 Å². The van der Waals surface area contributed by atoms with Crippen molar-refractivity contribution in [2.45, 2.75) is 12.8 Å². The van der Waals surface area contributed by atoms with E-state index in [1.54, 1.807) is 23.7 Å². The molecule has 1 fully saturated rings. The molecule has 1 aliphatic heterocycles. The van der Waals surface area contributed by atoms with Gasteiger partial charge in [-0.2, -0.15) is 0 Å². The molecule has 7 heteroatoms. The molecule has 2 amide bonds. The number of benzene rings is 1. The summed E-state index contributed by atoms with van der Waals surface area (Å²) < 4.78 is 0. The number of thiazole rings is 1. The van der Waals surface area contributed by atoms with Crippen molar-refractivity contribution in [3.05, 3.63) is 46.4 Å². The number of hydrogen-bond acceptors (Lipinski definition) is 5. The number of nitrogens with one attached hydrogen (secondary N) is 1. The largest absolute Gasteiger partial charge is 0.354 e. The molecule has 0 aliphatic carbocycles. The second kappa shape index (κ2) is 5.90. The molecule has 22 heavy (non-hydrogen) atoms. The Bertz CT molecular complexity index is 742. The first-order valence-corrected chi connectivity index (χ1v) is 7.88. The number of anilines is 2. The zero-order chi connectivity index (χ0) is 15.7.